The zero-order chi connectivity index (χ0) is 12.8. The number of anilines is 1. The summed E-state index contributed by atoms with van der Waals surface area (Å²) >= 11 is 0. The first-order chi connectivity index (χ1) is 8.74. The van der Waals surface area contributed by atoms with Crippen LogP contribution >= 0.6 is 0 Å². The van der Waals surface area contributed by atoms with E-state index in [-0.39, 0.29) is 12.3 Å². The molecule has 0 aromatic carbocycles. The molecule has 0 spiro atoms. The van der Waals surface area contributed by atoms with Gasteiger partial charge in [-0.3, -0.25) is 14.5 Å². The number of amides is 1. The lowest BCUT2D eigenvalue weighted by atomic mass is 10.2. The van der Waals surface area contributed by atoms with E-state index in [1.54, 1.807) is 29.2 Å². The molecule has 7 nitrogen and oxygen atoms in total. The smallest absolute Gasteiger partial charge is 0.226 e. The lowest BCUT2D eigenvalue weighted by molar-refractivity contribution is -0.120. The van der Waals surface area contributed by atoms with Crippen molar-refractivity contribution in [1.82, 2.24) is 25.3 Å². The lowest BCUT2D eigenvalue weighted by Gasteiger charge is -2.04. The Morgan fingerprint density at radius 2 is 2.33 bits per heavy atom. The number of hydrogen-bond acceptors (Lipinski definition) is 5. The molecule has 2 aromatic rings. The van der Waals surface area contributed by atoms with Gasteiger partial charge in [-0.15, -0.1) is 5.10 Å². The number of rotatable bonds is 5. The molecule has 0 aliphatic heterocycles. The van der Waals surface area contributed by atoms with Gasteiger partial charge in [0.25, 0.3) is 0 Å². The van der Waals surface area contributed by atoms with Crippen molar-refractivity contribution in [3.05, 3.63) is 36.4 Å². The second kappa shape index (κ2) is 5.76. The van der Waals surface area contributed by atoms with Crippen LogP contribution in [0.2, 0.25) is 0 Å². The Labute approximate surface area is 104 Å². The van der Waals surface area contributed by atoms with Crippen LogP contribution in [0, 0.1) is 0 Å². The van der Waals surface area contributed by atoms with E-state index in [2.05, 4.69) is 20.6 Å². The SMILES string of the molecule is Nc1ccc(CC(=O)NCCn2ccnn2)nc1. The standard InChI is InChI=1S/C11H14N6O/c12-9-1-2-10(14-8-9)7-11(18)13-3-5-17-6-4-15-16-17/h1-2,4,6,8H,3,5,7,12H2,(H,13,18). The summed E-state index contributed by atoms with van der Waals surface area (Å²) < 4.78 is 1.65. The van der Waals surface area contributed by atoms with Gasteiger partial charge in [-0.05, 0) is 12.1 Å². The molecule has 0 unspecified atom stereocenters. The number of hydrogen-bond donors (Lipinski definition) is 2. The third kappa shape index (κ3) is 3.55. The van der Waals surface area contributed by atoms with Gasteiger partial charge in [0, 0.05) is 18.4 Å². The van der Waals surface area contributed by atoms with E-state index in [4.69, 9.17) is 5.73 Å². The zero-order valence-electron chi connectivity index (χ0n) is 9.78. The van der Waals surface area contributed by atoms with Gasteiger partial charge in [0.05, 0.1) is 31.0 Å². The van der Waals surface area contributed by atoms with Crippen molar-refractivity contribution in [2.24, 2.45) is 0 Å². The predicted octanol–water partition coefficient (Wildman–Crippen LogP) is -0.386. The van der Waals surface area contributed by atoms with E-state index in [1.807, 2.05) is 0 Å². The molecule has 2 rings (SSSR count). The van der Waals surface area contributed by atoms with Crippen LogP contribution in [0.15, 0.2) is 30.7 Å². The third-order valence-electron chi connectivity index (χ3n) is 2.32. The Balaban J connectivity index is 1.73. The minimum atomic E-state index is -0.0765. The molecule has 0 fully saturated rings. The molecule has 0 radical (unpaired) electrons. The molecule has 0 aliphatic rings. The summed E-state index contributed by atoms with van der Waals surface area (Å²) in [5.41, 5.74) is 6.80. The first-order valence-corrected chi connectivity index (χ1v) is 5.55. The molecule has 1 amide bonds. The van der Waals surface area contributed by atoms with Crippen LogP contribution < -0.4 is 11.1 Å². The normalized spacial score (nSPS) is 10.2. The van der Waals surface area contributed by atoms with Crippen molar-refractivity contribution in [3.8, 4) is 0 Å². The van der Waals surface area contributed by atoms with E-state index >= 15 is 0 Å². The third-order valence-corrected chi connectivity index (χ3v) is 2.32. The van der Waals surface area contributed by atoms with Crippen molar-refractivity contribution in [3.63, 3.8) is 0 Å². The quantitative estimate of drug-likeness (QED) is 0.749. The van der Waals surface area contributed by atoms with E-state index < -0.39 is 0 Å². The summed E-state index contributed by atoms with van der Waals surface area (Å²) in [5, 5.41) is 10.3. The molecule has 0 aliphatic carbocycles. The van der Waals surface area contributed by atoms with Crippen LogP contribution in [0.5, 0.6) is 0 Å². The van der Waals surface area contributed by atoms with Crippen LogP contribution in [0.25, 0.3) is 0 Å². The van der Waals surface area contributed by atoms with Gasteiger partial charge in [-0.2, -0.15) is 0 Å². The van der Waals surface area contributed by atoms with E-state index in [0.717, 1.165) is 0 Å². The summed E-state index contributed by atoms with van der Waals surface area (Å²) in [6, 6.07) is 3.47. The summed E-state index contributed by atoms with van der Waals surface area (Å²) in [6.07, 6.45) is 5.13. The summed E-state index contributed by atoms with van der Waals surface area (Å²) in [4.78, 5) is 15.7. The molecule has 18 heavy (non-hydrogen) atoms. The van der Waals surface area contributed by atoms with Crippen LogP contribution in [0.1, 0.15) is 5.69 Å². The average molecular weight is 246 g/mol. The highest BCUT2D eigenvalue weighted by Gasteiger charge is 2.03. The van der Waals surface area contributed by atoms with E-state index in [9.17, 15) is 4.79 Å². The van der Waals surface area contributed by atoms with Gasteiger partial charge in [0.2, 0.25) is 5.91 Å². The highest BCUT2D eigenvalue weighted by atomic mass is 16.1. The maximum atomic E-state index is 11.6. The largest absolute Gasteiger partial charge is 0.397 e. The van der Waals surface area contributed by atoms with Gasteiger partial charge in [0.15, 0.2) is 0 Å². The molecule has 0 atom stereocenters. The Morgan fingerprint density at radius 3 is 3.00 bits per heavy atom. The van der Waals surface area contributed by atoms with Gasteiger partial charge in [0.1, 0.15) is 0 Å². The Kier molecular flexibility index (Phi) is 3.85. The number of carbonyl (C=O) groups excluding carboxylic acids is 1. The van der Waals surface area contributed by atoms with Gasteiger partial charge in [-0.1, -0.05) is 5.21 Å². The molecule has 0 saturated heterocycles. The maximum absolute atomic E-state index is 11.6. The number of nitrogens with one attached hydrogen (secondary N) is 1. The molecule has 0 saturated carbocycles. The summed E-state index contributed by atoms with van der Waals surface area (Å²) in [6.45, 7) is 1.11. The Hall–Kier alpha value is -2.44. The van der Waals surface area contributed by atoms with Crippen molar-refractivity contribution in [1.29, 1.82) is 0 Å². The van der Waals surface area contributed by atoms with Crippen molar-refractivity contribution < 1.29 is 4.79 Å². The Bertz CT molecular complexity index is 493. The number of pyridine rings is 1. The number of nitrogens with two attached hydrogens (primary N) is 1. The molecule has 94 valence electrons. The number of aromatic nitrogens is 4. The first-order valence-electron chi connectivity index (χ1n) is 5.55. The van der Waals surface area contributed by atoms with Crippen LogP contribution in [-0.4, -0.2) is 32.4 Å². The number of nitrogens with zero attached hydrogens (tertiary/aromatic N) is 4. The molecular weight excluding hydrogens is 232 g/mol. The maximum Gasteiger partial charge on any atom is 0.226 e. The second-order valence-corrected chi connectivity index (χ2v) is 3.78. The molecule has 3 N–H and O–H groups in total. The molecular formula is C11H14N6O. The monoisotopic (exact) mass is 246 g/mol. The first kappa shape index (κ1) is 12.0. The van der Waals surface area contributed by atoms with Gasteiger partial charge in [-0.25, -0.2) is 0 Å². The fraction of sp³-hybridized carbons (Fsp3) is 0.273. The van der Waals surface area contributed by atoms with Gasteiger partial charge < -0.3 is 11.1 Å². The van der Waals surface area contributed by atoms with Crippen molar-refractivity contribution >= 4 is 11.6 Å². The lowest BCUT2D eigenvalue weighted by Crippen LogP contribution is -2.29. The fourth-order valence-electron chi connectivity index (χ4n) is 1.43. The molecule has 2 heterocycles. The van der Waals surface area contributed by atoms with Crippen LogP contribution in [0.4, 0.5) is 5.69 Å². The van der Waals surface area contributed by atoms with Crippen molar-refractivity contribution in [2.45, 2.75) is 13.0 Å². The average Bonchev–Trinajstić information content (AvgIpc) is 2.85. The topological polar surface area (TPSA) is 98.7 Å². The minimum absolute atomic E-state index is 0.0765. The number of nitrogen functional groups attached to an aromatic ring is 1. The molecule has 2 aromatic heterocycles. The summed E-state index contributed by atoms with van der Waals surface area (Å²) in [7, 11) is 0. The fourth-order valence-corrected chi connectivity index (χ4v) is 1.43. The van der Waals surface area contributed by atoms with Crippen LogP contribution in [0.3, 0.4) is 0 Å². The Morgan fingerprint density at radius 1 is 1.44 bits per heavy atom. The zero-order valence-corrected chi connectivity index (χ0v) is 9.78. The molecule has 0 bridgehead atoms. The summed E-state index contributed by atoms with van der Waals surface area (Å²) in [5.74, 6) is -0.0765. The highest BCUT2D eigenvalue weighted by molar-refractivity contribution is 5.78. The predicted molar refractivity (Wildman–Crippen MR) is 65.4 cm³/mol. The van der Waals surface area contributed by atoms with E-state index in [1.165, 1.54) is 6.20 Å². The highest BCUT2D eigenvalue weighted by Crippen LogP contribution is 2.01. The molecule has 7 heteroatoms. The van der Waals surface area contributed by atoms with E-state index in [0.29, 0.717) is 24.5 Å². The minimum Gasteiger partial charge on any atom is -0.397 e. The number of carbonyl (C=O) groups is 1. The second-order valence-electron chi connectivity index (χ2n) is 3.78. The van der Waals surface area contributed by atoms with Crippen molar-refractivity contribution in [2.75, 3.05) is 12.3 Å². The van der Waals surface area contributed by atoms with Gasteiger partial charge >= 0.3 is 0 Å². The van der Waals surface area contributed by atoms with Crippen LogP contribution in [-0.2, 0) is 17.8 Å².